The lowest BCUT2D eigenvalue weighted by molar-refractivity contribution is -0.143. The summed E-state index contributed by atoms with van der Waals surface area (Å²) in [4.78, 5) is 18.8. The summed E-state index contributed by atoms with van der Waals surface area (Å²) in [5, 5.41) is 12.2. The molecule has 5 heterocycles. The minimum atomic E-state index is -0.238. The first-order valence-electron chi connectivity index (χ1n) is 19.2. The Labute approximate surface area is 277 Å². The number of fused-ring (bicyclic) bond motifs is 6. The number of carbonyl (C=O) groups is 1. The SMILES string of the molecule is CC1(C)C[C@@H]2CCCNC3CCCC(N3)SNCC3CCC(N4CCC(OCCC56CC7CC(CC(C7)C5)C6)C4=O)NC3N1C2. The van der Waals surface area contributed by atoms with Crippen molar-refractivity contribution in [3.63, 3.8) is 0 Å². The number of amides is 1. The quantitative estimate of drug-likeness (QED) is 0.312. The molecule has 5 saturated heterocycles. The zero-order valence-corrected chi connectivity index (χ0v) is 29.1. The van der Waals surface area contributed by atoms with E-state index in [0.29, 0.717) is 22.9 Å². The van der Waals surface area contributed by atoms with Crippen molar-refractivity contribution < 1.29 is 9.53 Å². The number of nitrogens with one attached hydrogen (secondary N) is 4. The second-order valence-electron chi connectivity index (χ2n) is 17.5. The minimum absolute atomic E-state index is 0.116. The van der Waals surface area contributed by atoms with Gasteiger partial charge in [-0.2, -0.15) is 0 Å². The van der Waals surface area contributed by atoms with Gasteiger partial charge in [0.1, 0.15) is 6.10 Å². The lowest BCUT2D eigenvalue weighted by Gasteiger charge is -2.57. The Morgan fingerprint density at radius 2 is 1.69 bits per heavy atom. The monoisotopic (exact) mass is 642 g/mol. The van der Waals surface area contributed by atoms with E-state index in [9.17, 15) is 4.79 Å². The van der Waals surface area contributed by atoms with E-state index in [0.717, 1.165) is 75.7 Å². The predicted molar refractivity (Wildman–Crippen MR) is 181 cm³/mol. The van der Waals surface area contributed by atoms with Crippen LogP contribution in [0.25, 0.3) is 0 Å². The summed E-state index contributed by atoms with van der Waals surface area (Å²) in [6, 6.07) is 0. The first-order valence-corrected chi connectivity index (χ1v) is 20.0. The average molecular weight is 643 g/mol. The molecule has 9 fully saturated rings. The summed E-state index contributed by atoms with van der Waals surface area (Å²) in [6.45, 7) is 9.80. The molecule has 0 radical (unpaired) electrons. The van der Waals surface area contributed by atoms with E-state index < -0.39 is 0 Å². The van der Waals surface area contributed by atoms with Crippen LogP contribution >= 0.6 is 11.9 Å². The van der Waals surface area contributed by atoms with Crippen LogP contribution in [0.3, 0.4) is 0 Å². The van der Waals surface area contributed by atoms with Crippen molar-refractivity contribution in [3.8, 4) is 0 Å². The Morgan fingerprint density at radius 1 is 0.889 bits per heavy atom. The molecule has 4 aliphatic carbocycles. The number of carbonyl (C=O) groups excluding carboxylic acids is 1. The number of ether oxygens (including phenoxy) is 1. The highest BCUT2D eigenvalue weighted by Gasteiger charge is 2.51. The second-order valence-corrected chi connectivity index (χ2v) is 18.6. The van der Waals surface area contributed by atoms with Gasteiger partial charge in [0, 0.05) is 44.1 Å². The molecular formula is C36H62N6O2S. The van der Waals surface area contributed by atoms with Gasteiger partial charge in [0.2, 0.25) is 0 Å². The summed E-state index contributed by atoms with van der Waals surface area (Å²) in [7, 11) is 0. The van der Waals surface area contributed by atoms with E-state index in [1.807, 2.05) is 11.9 Å². The van der Waals surface area contributed by atoms with Gasteiger partial charge in [-0.1, -0.05) is 11.9 Å². The molecule has 0 aromatic heterocycles. The van der Waals surface area contributed by atoms with E-state index in [1.54, 1.807) is 0 Å². The van der Waals surface area contributed by atoms with Crippen LogP contribution in [0.4, 0.5) is 0 Å². The van der Waals surface area contributed by atoms with Gasteiger partial charge in [-0.05, 0) is 146 Å². The molecule has 4 N–H and O–H groups in total. The third kappa shape index (κ3) is 6.76. The van der Waals surface area contributed by atoms with E-state index in [2.05, 4.69) is 44.3 Å². The summed E-state index contributed by atoms with van der Waals surface area (Å²) in [5.74, 6) is 4.45. The maximum absolute atomic E-state index is 13.8. The lowest BCUT2D eigenvalue weighted by Crippen LogP contribution is -2.65. The standard InChI is InChI=1S/C36H62N6O2S/c1-35(2)18-24-5-4-12-37-30-6-3-7-32(39-30)45-38-22-28-8-9-31(40-33(28)42(35)23-24)41-13-10-29(34(41)43)44-14-11-36-19-25-15-26(20-36)17-27(16-25)21-36/h24-33,37-40H,3-23H2,1-2H3/t24-,25?,26?,27?,28?,29?,30?,31?,32?,33?,36?/m0/s1. The Morgan fingerprint density at radius 3 is 2.49 bits per heavy atom. The van der Waals surface area contributed by atoms with Gasteiger partial charge in [0.05, 0.1) is 23.9 Å². The zero-order valence-electron chi connectivity index (χ0n) is 28.2. The second kappa shape index (κ2) is 13.1. The number of nitrogens with zero attached hydrogens (tertiary/aromatic N) is 2. The lowest BCUT2D eigenvalue weighted by atomic mass is 9.49. The van der Waals surface area contributed by atoms with Gasteiger partial charge in [-0.25, -0.2) is 0 Å². The zero-order chi connectivity index (χ0) is 30.6. The Kier molecular flexibility index (Phi) is 9.28. The predicted octanol–water partition coefficient (Wildman–Crippen LogP) is 5.01. The summed E-state index contributed by atoms with van der Waals surface area (Å²) in [6.07, 6.45) is 21.2. The molecule has 0 spiro atoms. The molecule has 0 aromatic carbocycles. The molecule has 1 amide bonds. The maximum atomic E-state index is 13.8. The molecule has 9 rings (SSSR count). The van der Waals surface area contributed by atoms with Gasteiger partial charge in [0.15, 0.2) is 0 Å². The number of hydrogen-bond acceptors (Lipinski definition) is 8. The van der Waals surface area contributed by atoms with Crippen molar-refractivity contribution in [2.45, 2.75) is 152 Å². The van der Waals surface area contributed by atoms with Crippen molar-refractivity contribution in [2.75, 3.05) is 32.8 Å². The average Bonchev–Trinajstić information content (AvgIpc) is 3.52. The fraction of sp³-hybridized carbons (Fsp3) is 0.972. The maximum Gasteiger partial charge on any atom is 0.253 e. The van der Waals surface area contributed by atoms with Crippen molar-refractivity contribution in [3.05, 3.63) is 0 Å². The highest BCUT2D eigenvalue weighted by Crippen LogP contribution is 2.61. The fourth-order valence-corrected chi connectivity index (χ4v) is 13.1. The molecule has 7 unspecified atom stereocenters. The molecule has 8 nitrogen and oxygen atoms in total. The van der Waals surface area contributed by atoms with E-state index in [4.69, 9.17) is 4.74 Å². The first kappa shape index (κ1) is 31.8. The fourth-order valence-electron chi connectivity index (χ4n) is 12.1. The molecule has 8 bridgehead atoms. The van der Waals surface area contributed by atoms with Gasteiger partial charge in [-0.15, -0.1) is 0 Å². The van der Waals surface area contributed by atoms with Crippen molar-refractivity contribution >= 4 is 17.9 Å². The van der Waals surface area contributed by atoms with Crippen LogP contribution in [0, 0.1) is 35.0 Å². The molecule has 0 aromatic rings. The number of rotatable bonds is 5. The highest BCUT2D eigenvalue weighted by molar-refractivity contribution is 7.98. The first-order chi connectivity index (χ1) is 21.8. The molecular weight excluding hydrogens is 581 g/mol. The summed E-state index contributed by atoms with van der Waals surface area (Å²) >= 11 is 1.91. The van der Waals surface area contributed by atoms with Crippen LogP contribution < -0.4 is 20.7 Å². The molecule has 5 aliphatic heterocycles. The smallest absolute Gasteiger partial charge is 0.253 e. The normalized spacial score (nSPS) is 48.2. The number of likely N-dealkylation sites (tertiary alicyclic amines) is 1. The molecule has 9 heteroatoms. The summed E-state index contributed by atoms with van der Waals surface area (Å²) in [5.41, 5.74) is 0.690. The Bertz CT molecular complexity index is 1020. The topological polar surface area (TPSA) is 80.9 Å². The Hall–Kier alpha value is -0.420. The molecule has 9 aliphatic rings. The number of hydrogen-bond donors (Lipinski definition) is 4. The molecule has 45 heavy (non-hydrogen) atoms. The molecule has 4 saturated carbocycles. The van der Waals surface area contributed by atoms with Crippen molar-refractivity contribution in [1.82, 2.24) is 30.5 Å². The van der Waals surface area contributed by atoms with E-state index in [1.165, 1.54) is 83.5 Å². The van der Waals surface area contributed by atoms with Crippen LogP contribution in [0.2, 0.25) is 0 Å². The van der Waals surface area contributed by atoms with Gasteiger partial charge in [-0.3, -0.25) is 25.1 Å². The largest absolute Gasteiger partial charge is 0.368 e. The van der Waals surface area contributed by atoms with Crippen LogP contribution in [0.15, 0.2) is 0 Å². The highest BCUT2D eigenvalue weighted by atomic mass is 32.2. The van der Waals surface area contributed by atoms with Crippen LogP contribution in [-0.4, -0.2) is 84.0 Å². The minimum Gasteiger partial charge on any atom is -0.368 e. The third-order valence-corrected chi connectivity index (χ3v) is 14.7. The van der Waals surface area contributed by atoms with Crippen LogP contribution in [-0.2, 0) is 9.53 Å². The van der Waals surface area contributed by atoms with Crippen molar-refractivity contribution in [1.29, 1.82) is 0 Å². The summed E-state index contributed by atoms with van der Waals surface area (Å²) < 4.78 is 10.3. The molecule has 8 atom stereocenters. The number of piperidine rings is 2. The van der Waals surface area contributed by atoms with E-state index >= 15 is 0 Å². The third-order valence-electron chi connectivity index (χ3n) is 13.8. The van der Waals surface area contributed by atoms with Crippen molar-refractivity contribution in [2.24, 2.45) is 35.0 Å². The molecule has 254 valence electrons. The van der Waals surface area contributed by atoms with Gasteiger partial charge in [0.25, 0.3) is 5.91 Å². The van der Waals surface area contributed by atoms with Gasteiger partial charge < -0.3 is 15.0 Å². The van der Waals surface area contributed by atoms with Gasteiger partial charge >= 0.3 is 0 Å². The van der Waals surface area contributed by atoms with Crippen LogP contribution in [0.1, 0.15) is 117 Å². The Balaban J connectivity index is 0.900. The van der Waals surface area contributed by atoms with E-state index in [-0.39, 0.29) is 29.9 Å². The van der Waals surface area contributed by atoms with Crippen LogP contribution in [0.5, 0.6) is 0 Å².